The number of rotatable bonds is 8. The molecular weight excluding hydrogens is 465 g/mol. The van der Waals surface area contributed by atoms with E-state index in [1.165, 1.54) is 24.3 Å². The Morgan fingerprint density at radius 1 is 0.971 bits per heavy atom. The summed E-state index contributed by atoms with van der Waals surface area (Å²) in [5.74, 6) is -1.32. The van der Waals surface area contributed by atoms with Crippen LogP contribution in [0.15, 0.2) is 77.7 Å². The van der Waals surface area contributed by atoms with Crippen LogP contribution in [-0.2, 0) is 22.2 Å². The van der Waals surface area contributed by atoms with Crippen molar-refractivity contribution in [3.8, 4) is 0 Å². The van der Waals surface area contributed by atoms with Crippen molar-refractivity contribution in [2.24, 2.45) is 0 Å². The van der Waals surface area contributed by atoms with Crippen molar-refractivity contribution < 1.29 is 18.2 Å². The van der Waals surface area contributed by atoms with Crippen LogP contribution in [0.25, 0.3) is 0 Å². The number of aryl methyl sites for hydroxylation is 1. The van der Waals surface area contributed by atoms with Gasteiger partial charge in [0, 0.05) is 23.2 Å². The summed E-state index contributed by atoms with van der Waals surface area (Å²) in [6.45, 7) is 7.62. The standard InChI is InChI=1S/C27H30FN3O3S/c1-18-16-22(14-15-24(18)35(34)31-27(2,3)4)29-26(33)23(17-19-8-6-5-7-9-19)30-25(32)20-10-12-21(28)13-11-20/h5-16,23,31H,17H2,1-4H3,(H,29,33)(H,30,32). The summed E-state index contributed by atoms with van der Waals surface area (Å²) in [4.78, 5) is 26.6. The summed E-state index contributed by atoms with van der Waals surface area (Å²) in [5, 5.41) is 5.61. The van der Waals surface area contributed by atoms with Gasteiger partial charge in [0.15, 0.2) is 0 Å². The number of halogens is 1. The van der Waals surface area contributed by atoms with E-state index < -0.39 is 34.7 Å². The first-order valence-corrected chi connectivity index (χ1v) is 12.4. The highest BCUT2D eigenvalue weighted by molar-refractivity contribution is 7.83. The molecule has 0 saturated heterocycles. The normalized spacial score (nSPS) is 13.1. The highest BCUT2D eigenvalue weighted by atomic mass is 32.2. The molecule has 0 fully saturated rings. The molecule has 3 rings (SSSR count). The molecule has 0 aliphatic carbocycles. The number of anilines is 1. The Morgan fingerprint density at radius 2 is 1.63 bits per heavy atom. The molecule has 2 amide bonds. The lowest BCUT2D eigenvalue weighted by molar-refractivity contribution is -0.118. The number of nitrogens with one attached hydrogen (secondary N) is 3. The Kier molecular flexibility index (Phi) is 8.53. The summed E-state index contributed by atoms with van der Waals surface area (Å²) < 4.78 is 28.9. The zero-order valence-electron chi connectivity index (χ0n) is 20.2. The smallest absolute Gasteiger partial charge is 0.251 e. The van der Waals surface area contributed by atoms with Crippen LogP contribution in [-0.4, -0.2) is 27.6 Å². The van der Waals surface area contributed by atoms with Crippen LogP contribution in [0.4, 0.5) is 10.1 Å². The Morgan fingerprint density at radius 3 is 2.23 bits per heavy atom. The Hall–Kier alpha value is -3.36. The first kappa shape index (κ1) is 26.2. The summed E-state index contributed by atoms with van der Waals surface area (Å²) in [6, 6.07) is 18.8. The van der Waals surface area contributed by atoms with Crippen LogP contribution in [0.1, 0.15) is 42.3 Å². The minimum atomic E-state index is -1.40. The Bertz CT molecular complexity index is 1210. The van der Waals surface area contributed by atoms with Crippen molar-refractivity contribution in [3.63, 3.8) is 0 Å². The van der Waals surface area contributed by atoms with E-state index in [0.717, 1.165) is 11.1 Å². The number of hydrogen-bond donors (Lipinski definition) is 3. The highest BCUT2D eigenvalue weighted by Crippen LogP contribution is 2.20. The van der Waals surface area contributed by atoms with Crippen LogP contribution in [0, 0.1) is 12.7 Å². The maximum atomic E-state index is 13.2. The van der Waals surface area contributed by atoms with Gasteiger partial charge in [0.05, 0.1) is 4.90 Å². The van der Waals surface area contributed by atoms with Gasteiger partial charge in [-0.05, 0) is 81.3 Å². The molecule has 2 atom stereocenters. The lowest BCUT2D eigenvalue weighted by Gasteiger charge is -2.21. The molecule has 0 aromatic heterocycles. The van der Waals surface area contributed by atoms with Crippen molar-refractivity contribution >= 4 is 28.5 Å². The van der Waals surface area contributed by atoms with Crippen molar-refractivity contribution in [1.82, 2.24) is 10.0 Å². The first-order valence-electron chi connectivity index (χ1n) is 11.2. The summed E-state index contributed by atoms with van der Waals surface area (Å²) in [5.41, 5.74) is 2.09. The van der Waals surface area contributed by atoms with Crippen molar-refractivity contribution in [3.05, 3.63) is 95.3 Å². The Balaban J connectivity index is 1.78. The second-order valence-corrected chi connectivity index (χ2v) is 10.5. The Labute approximate surface area is 207 Å². The van der Waals surface area contributed by atoms with E-state index in [1.54, 1.807) is 18.2 Å². The van der Waals surface area contributed by atoms with Gasteiger partial charge in [-0.3, -0.25) is 9.59 Å². The number of amides is 2. The van der Waals surface area contributed by atoms with E-state index >= 15 is 0 Å². The SMILES string of the molecule is Cc1cc(NC(=O)C(Cc2ccccc2)NC(=O)c2ccc(F)cc2)ccc1S(=O)NC(C)(C)C. The molecule has 2 unspecified atom stereocenters. The number of carbonyl (C=O) groups excluding carboxylic acids is 2. The molecule has 3 N–H and O–H groups in total. The fourth-order valence-corrected chi connectivity index (χ4v) is 4.61. The van der Waals surface area contributed by atoms with Crippen LogP contribution >= 0.6 is 0 Å². The van der Waals surface area contributed by atoms with Gasteiger partial charge in [0.1, 0.15) is 22.8 Å². The quantitative estimate of drug-likeness (QED) is 0.429. The van der Waals surface area contributed by atoms with Crippen LogP contribution in [0.5, 0.6) is 0 Å². The molecule has 3 aromatic carbocycles. The molecule has 0 radical (unpaired) electrons. The molecule has 184 valence electrons. The predicted octanol–water partition coefficient (Wildman–Crippen LogP) is 4.52. The lowest BCUT2D eigenvalue weighted by Crippen LogP contribution is -2.45. The lowest BCUT2D eigenvalue weighted by atomic mass is 10.0. The van der Waals surface area contributed by atoms with Gasteiger partial charge in [-0.15, -0.1) is 0 Å². The third-order valence-corrected chi connectivity index (χ3v) is 6.71. The third-order valence-electron chi connectivity index (χ3n) is 5.05. The number of benzene rings is 3. The average molecular weight is 496 g/mol. The predicted molar refractivity (Wildman–Crippen MR) is 137 cm³/mol. The molecule has 35 heavy (non-hydrogen) atoms. The highest BCUT2D eigenvalue weighted by Gasteiger charge is 2.23. The molecule has 0 bridgehead atoms. The van der Waals surface area contributed by atoms with E-state index in [0.29, 0.717) is 10.6 Å². The molecule has 0 saturated carbocycles. The van der Waals surface area contributed by atoms with Gasteiger partial charge in [0.25, 0.3) is 5.91 Å². The molecule has 8 heteroatoms. The van der Waals surface area contributed by atoms with E-state index in [1.807, 2.05) is 58.0 Å². The molecule has 0 aliphatic heterocycles. The van der Waals surface area contributed by atoms with Crippen LogP contribution in [0.2, 0.25) is 0 Å². The molecule has 6 nitrogen and oxygen atoms in total. The fraction of sp³-hybridized carbons (Fsp3) is 0.259. The topological polar surface area (TPSA) is 87.3 Å². The molecular formula is C27H30FN3O3S. The van der Waals surface area contributed by atoms with E-state index in [9.17, 15) is 18.2 Å². The second kappa shape index (κ2) is 11.4. The van der Waals surface area contributed by atoms with Gasteiger partial charge in [-0.25, -0.2) is 13.3 Å². The van der Waals surface area contributed by atoms with E-state index in [-0.39, 0.29) is 17.5 Å². The van der Waals surface area contributed by atoms with Crippen LogP contribution < -0.4 is 15.4 Å². The minimum Gasteiger partial charge on any atom is -0.340 e. The molecule has 0 heterocycles. The van der Waals surface area contributed by atoms with Gasteiger partial charge in [0.2, 0.25) is 5.91 Å². The van der Waals surface area contributed by atoms with Crippen molar-refractivity contribution in [1.29, 1.82) is 0 Å². The summed E-state index contributed by atoms with van der Waals surface area (Å²) in [6.07, 6.45) is 0.274. The van der Waals surface area contributed by atoms with Gasteiger partial charge in [-0.2, -0.15) is 0 Å². The third kappa shape index (κ3) is 7.83. The largest absolute Gasteiger partial charge is 0.340 e. The number of carbonyl (C=O) groups is 2. The van der Waals surface area contributed by atoms with E-state index in [4.69, 9.17) is 0 Å². The molecule has 3 aromatic rings. The zero-order chi connectivity index (χ0) is 25.6. The van der Waals surface area contributed by atoms with Crippen molar-refractivity contribution in [2.75, 3.05) is 5.32 Å². The maximum absolute atomic E-state index is 13.2. The zero-order valence-corrected chi connectivity index (χ0v) is 21.0. The first-order chi connectivity index (χ1) is 16.5. The average Bonchev–Trinajstić information content (AvgIpc) is 2.78. The monoisotopic (exact) mass is 495 g/mol. The minimum absolute atomic E-state index is 0.256. The van der Waals surface area contributed by atoms with Gasteiger partial charge < -0.3 is 10.6 Å². The van der Waals surface area contributed by atoms with Gasteiger partial charge >= 0.3 is 0 Å². The fourth-order valence-electron chi connectivity index (χ4n) is 3.40. The van der Waals surface area contributed by atoms with Crippen LogP contribution in [0.3, 0.4) is 0 Å². The second-order valence-electron chi connectivity index (χ2n) is 9.31. The van der Waals surface area contributed by atoms with Crippen molar-refractivity contribution in [2.45, 2.75) is 50.6 Å². The number of hydrogen-bond acceptors (Lipinski definition) is 3. The molecule has 0 spiro atoms. The van der Waals surface area contributed by atoms with Gasteiger partial charge in [-0.1, -0.05) is 30.3 Å². The maximum Gasteiger partial charge on any atom is 0.251 e. The summed E-state index contributed by atoms with van der Waals surface area (Å²) >= 11 is 0. The summed E-state index contributed by atoms with van der Waals surface area (Å²) in [7, 11) is -1.40. The molecule has 0 aliphatic rings. The van der Waals surface area contributed by atoms with E-state index in [2.05, 4.69) is 15.4 Å².